The molecule has 0 aliphatic heterocycles. The standard InChI is InChI=1S/C17H17BrN2O3/c1-2-19-17(22)12-3-7-14(8-4-12)20-16(21)11-23-15-9-5-13(18)6-10-15/h3-10H,2,11H2,1H3,(H,19,22)(H,20,21). The Hall–Kier alpha value is -2.34. The van der Waals surface area contributed by atoms with Crippen LogP contribution in [0.5, 0.6) is 5.75 Å². The minimum atomic E-state index is -0.265. The maximum absolute atomic E-state index is 11.8. The van der Waals surface area contributed by atoms with Gasteiger partial charge in [-0.15, -0.1) is 0 Å². The molecule has 0 radical (unpaired) electrons. The number of nitrogens with one attached hydrogen (secondary N) is 2. The third-order valence-corrected chi connectivity index (χ3v) is 3.48. The van der Waals surface area contributed by atoms with Gasteiger partial charge in [-0.2, -0.15) is 0 Å². The zero-order valence-electron chi connectivity index (χ0n) is 12.6. The summed E-state index contributed by atoms with van der Waals surface area (Å²) in [5.74, 6) is 0.220. The highest BCUT2D eigenvalue weighted by Gasteiger charge is 2.06. The largest absolute Gasteiger partial charge is 0.484 e. The number of carbonyl (C=O) groups is 2. The van der Waals surface area contributed by atoms with Crippen molar-refractivity contribution >= 4 is 33.4 Å². The number of rotatable bonds is 6. The molecule has 0 atom stereocenters. The third kappa shape index (κ3) is 5.41. The van der Waals surface area contributed by atoms with E-state index in [0.29, 0.717) is 23.5 Å². The molecule has 0 aliphatic carbocycles. The zero-order valence-corrected chi connectivity index (χ0v) is 14.2. The van der Waals surface area contributed by atoms with Crippen molar-refractivity contribution in [1.29, 1.82) is 0 Å². The molecular formula is C17H17BrN2O3. The summed E-state index contributed by atoms with van der Waals surface area (Å²) in [7, 11) is 0. The first-order chi connectivity index (χ1) is 11.1. The summed E-state index contributed by atoms with van der Waals surface area (Å²) in [5.41, 5.74) is 1.17. The molecule has 6 heteroatoms. The van der Waals surface area contributed by atoms with Gasteiger partial charge < -0.3 is 15.4 Å². The summed E-state index contributed by atoms with van der Waals surface area (Å²) in [6, 6.07) is 13.9. The molecule has 0 aromatic heterocycles. The average Bonchev–Trinajstić information content (AvgIpc) is 2.55. The van der Waals surface area contributed by atoms with Crippen LogP contribution in [0.25, 0.3) is 0 Å². The lowest BCUT2D eigenvalue weighted by Gasteiger charge is -2.08. The molecule has 2 N–H and O–H groups in total. The first kappa shape index (κ1) is 17.0. The Balaban J connectivity index is 1.85. The van der Waals surface area contributed by atoms with E-state index in [1.54, 1.807) is 36.4 Å². The van der Waals surface area contributed by atoms with Crippen LogP contribution in [0.3, 0.4) is 0 Å². The molecule has 2 rings (SSSR count). The van der Waals surface area contributed by atoms with Crippen LogP contribution in [0.15, 0.2) is 53.0 Å². The quantitative estimate of drug-likeness (QED) is 0.813. The minimum absolute atomic E-state index is 0.0836. The maximum Gasteiger partial charge on any atom is 0.262 e. The number of carbonyl (C=O) groups excluding carboxylic acids is 2. The highest BCUT2D eigenvalue weighted by Crippen LogP contribution is 2.16. The Labute approximate surface area is 143 Å². The Morgan fingerprint density at radius 2 is 1.70 bits per heavy atom. The number of hydrogen-bond donors (Lipinski definition) is 2. The molecular weight excluding hydrogens is 360 g/mol. The Morgan fingerprint density at radius 3 is 2.30 bits per heavy atom. The fraction of sp³-hybridized carbons (Fsp3) is 0.176. The van der Waals surface area contributed by atoms with Crippen molar-refractivity contribution in [2.24, 2.45) is 0 Å². The van der Waals surface area contributed by atoms with Crippen molar-refractivity contribution < 1.29 is 14.3 Å². The van der Waals surface area contributed by atoms with Crippen molar-refractivity contribution in [3.05, 3.63) is 58.6 Å². The molecule has 0 unspecified atom stereocenters. The van der Waals surface area contributed by atoms with E-state index in [1.807, 2.05) is 19.1 Å². The second kappa shape index (κ2) is 8.33. The number of ether oxygens (including phenoxy) is 1. The van der Waals surface area contributed by atoms with E-state index in [9.17, 15) is 9.59 Å². The van der Waals surface area contributed by atoms with Crippen molar-refractivity contribution in [1.82, 2.24) is 5.32 Å². The monoisotopic (exact) mass is 376 g/mol. The number of amides is 2. The number of halogens is 1. The first-order valence-corrected chi connectivity index (χ1v) is 7.94. The molecule has 0 bridgehead atoms. The lowest BCUT2D eigenvalue weighted by molar-refractivity contribution is -0.118. The van der Waals surface area contributed by atoms with Crippen LogP contribution in [0.1, 0.15) is 17.3 Å². The van der Waals surface area contributed by atoms with Crippen molar-refractivity contribution in [3.8, 4) is 5.75 Å². The zero-order chi connectivity index (χ0) is 16.7. The van der Waals surface area contributed by atoms with Gasteiger partial charge in [0, 0.05) is 22.3 Å². The molecule has 120 valence electrons. The molecule has 2 amide bonds. The van der Waals surface area contributed by atoms with Crippen molar-refractivity contribution in [2.75, 3.05) is 18.5 Å². The lowest BCUT2D eigenvalue weighted by atomic mass is 10.2. The third-order valence-electron chi connectivity index (χ3n) is 2.95. The average molecular weight is 377 g/mol. The van der Waals surface area contributed by atoms with Gasteiger partial charge in [0.25, 0.3) is 11.8 Å². The fourth-order valence-electron chi connectivity index (χ4n) is 1.84. The first-order valence-electron chi connectivity index (χ1n) is 7.15. The molecule has 0 saturated heterocycles. The van der Waals surface area contributed by atoms with Gasteiger partial charge in [-0.05, 0) is 55.5 Å². The summed E-state index contributed by atoms with van der Waals surface area (Å²) in [4.78, 5) is 23.5. The van der Waals surface area contributed by atoms with E-state index in [2.05, 4.69) is 26.6 Å². The highest BCUT2D eigenvalue weighted by molar-refractivity contribution is 9.10. The fourth-order valence-corrected chi connectivity index (χ4v) is 2.11. The molecule has 0 heterocycles. The van der Waals surface area contributed by atoms with E-state index < -0.39 is 0 Å². The van der Waals surface area contributed by atoms with Gasteiger partial charge in [-0.25, -0.2) is 0 Å². The molecule has 0 fully saturated rings. The normalized spacial score (nSPS) is 10.0. The molecule has 2 aromatic carbocycles. The molecule has 2 aromatic rings. The van der Waals surface area contributed by atoms with Crippen molar-refractivity contribution in [3.63, 3.8) is 0 Å². The van der Waals surface area contributed by atoms with Gasteiger partial charge in [-0.1, -0.05) is 15.9 Å². The number of benzene rings is 2. The van der Waals surface area contributed by atoms with Crippen LogP contribution in [-0.4, -0.2) is 25.0 Å². The summed E-state index contributed by atoms with van der Waals surface area (Å²) >= 11 is 3.33. The molecule has 0 spiro atoms. The van der Waals surface area contributed by atoms with Gasteiger partial charge in [0.15, 0.2) is 6.61 Å². The summed E-state index contributed by atoms with van der Waals surface area (Å²) in [6.07, 6.45) is 0. The van der Waals surface area contributed by atoms with E-state index in [1.165, 1.54) is 0 Å². The van der Waals surface area contributed by atoms with Gasteiger partial charge in [0.05, 0.1) is 0 Å². The summed E-state index contributed by atoms with van der Waals surface area (Å²) in [5, 5.41) is 5.43. The predicted molar refractivity (Wildman–Crippen MR) is 92.7 cm³/mol. The Morgan fingerprint density at radius 1 is 1.04 bits per heavy atom. The molecule has 5 nitrogen and oxygen atoms in total. The van der Waals surface area contributed by atoms with Gasteiger partial charge in [0.1, 0.15) is 5.75 Å². The Bertz CT molecular complexity index is 669. The SMILES string of the molecule is CCNC(=O)c1ccc(NC(=O)COc2ccc(Br)cc2)cc1. The predicted octanol–water partition coefficient (Wildman–Crippen LogP) is 3.22. The Kier molecular flexibility index (Phi) is 6.17. The van der Waals surface area contributed by atoms with Crippen LogP contribution < -0.4 is 15.4 Å². The van der Waals surface area contributed by atoms with Crippen LogP contribution in [-0.2, 0) is 4.79 Å². The van der Waals surface area contributed by atoms with Gasteiger partial charge in [-0.3, -0.25) is 9.59 Å². The number of hydrogen-bond acceptors (Lipinski definition) is 3. The second-order valence-corrected chi connectivity index (χ2v) is 5.64. The smallest absolute Gasteiger partial charge is 0.262 e. The lowest BCUT2D eigenvalue weighted by Crippen LogP contribution is -2.23. The second-order valence-electron chi connectivity index (χ2n) is 4.73. The van der Waals surface area contributed by atoms with Gasteiger partial charge in [0.2, 0.25) is 0 Å². The van der Waals surface area contributed by atoms with E-state index in [4.69, 9.17) is 4.74 Å². The minimum Gasteiger partial charge on any atom is -0.484 e. The molecule has 0 saturated carbocycles. The van der Waals surface area contributed by atoms with Crippen molar-refractivity contribution in [2.45, 2.75) is 6.92 Å². The topological polar surface area (TPSA) is 67.4 Å². The van der Waals surface area contributed by atoms with Crippen LogP contribution >= 0.6 is 15.9 Å². The van der Waals surface area contributed by atoms with E-state index >= 15 is 0 Å². The van der Waals surface area contributed by atoms with E-state index in [0.717, 1.165) is 4.47 Å². The van der Waals surface area contributed by atoms with Crippen LogP contribution in [0.2, 0.25) is 0 Å². The van der Waals surface area contributed by atoms with Gasteiger partial charge >= 0.3 is 0 Å². The maximum atomic E-state index is 11.8. The van der Waals surface area contributed by atoms with Crippen LogP contribution in [0.4, 0.5) is 5.69 Å². The van der Waals surface area contributed by atoms with E-state index in [-0.39, 0.29) is 18.4 Å². The summed E-state index contributed by atoms with van der Waals surface area (Å²) < 4.78 is 6.34. The number of anilines is 1. The summed E-state index contributed by atoms with van der Waals surface area (Å²) in [6.45, 7) is 2.35. The highest BCUT2D eigenvalue weighted by atomic mass is 79.9. The van der Waals surface area contributed by atoms with Crippen LogP contribution in [0, 0.1) is 0 Å². The molecule has 23 heavy (non-hydrogen) atoms. The molecule has 0 aliphatic rings.